The van der Waals surface area contributed by atoms with E-state index in [1.165, 1.54) is 14.2 Å². The van der Waals surface area contributed by atoms with E-state index < -0.39 is 23.3 Å². The third kappa shape index (κ3) is 3.40. The quantitative estimate of drug-likeness (QED) is 0.597. The zero-order valence-corrected chi connectivity index (χ0v) is 13.9. The predicted molar refractivity (Wildman–Crippen MR) is 84.3 cm³/mol. The second kappa shape index (κ2) is 7.50. The Labute approximate surface area is 130 Å². The molecule has 0 aliphatic carbocycles. The molecule has 0 saturated heterocycles. The Hall–Kier alpha value is -1.49. The summed E-state index contributed by atoms with van der Waals surface area (Å²) in [5.74, 6) is -2.15. The van der Waals surface area contributed by atoms with E-state index in [0.717, 1.165) is 5.56 Å². The summed E-state index contributed by atoms with van der Waals surface area (Å²) >= 11 is 1.60. The predicted octanol–water partition coefficient (Wildman–Crippen LogP) is 2.66. The standard InChI is InChI=1S/C16H22O4S/c1-11(21-5)16(2,12-9-7-6-8-10-12)13(14(17)19-3)15(18)20-4/h6-11,13H,1-5H3/t11-,16+/m0/s1. The lowest BCUT2D eigenvalue weighted by Gasteiger charge is -2.39. The van der Waals surface area contributed by atoms with Crippen LogP contribution in [-0.2, 0) is 24.5 Å². The van der Waals surface area contributed by atoms with Gasteiger partial charge in [-0.1, -0.05) is 44.2 Å². The van der Waals surface area contributed by atoms with E-state index >= 15 is 0 Å². The molecule has 4 nitrogen and oxygen atoms in total. The Balaban J connectivity index is 3.46. The molecule has 0 spiro atoms. The van der Waals surface area contributed by atoms with Gasteiger partial charge in [-0.05, 0) is 11.8 Å². The van der Waals surface area contributed by atoms with Crippen LogP contribution in [0.1, 0.15) is 19.4 Å². The maximum atomic E-state index is 12.2. The number of hydrogen-bond acceptors (Lipinski definition) is 5. The van der Waals surface area contributed by atoms with Crippen molar-refractivity contribution in [2.45, 2.75) is 24.5 Å². The van der Waals surface area contributed by atoms with Gasteiger partial charge in [0, 0.05) is 10.7 Å². The summed E-state index contributed by atoms with van der Waals surface area (Å²) in [7, 11) is 2.57. The van der Waals surface area contributed by atoms with Crippen molar-refractivity contribution in [3.63, 3.8) is 0 Å². The fourth-order valence-electron chi connectivity index (χ4n) is 2.50. The monoisotopic (exact) mass is 310 g/mol. The Morgan fingerprint density at radius 2 is 1.57 bits per heavy atom. The van der Waals surface area contributed by atoms with Gasteiger partial charge in [0.25, 0.3) is 0 Å². The molecular formula is C16H22O4S. The molecule has 21 heavy (non-hydrogen) atoms. The molecule has 0 aromatic heterocycles. The zero-order valence-electron chi connectivity index (χ0n) is 13.1. The Kier molecular flexibility index (Phi) is 6.27. The average molecular weight is 310 g/mol. The van der Waals surface area contributed by atoms with E-state index in [-0.39, 0.29) is 5.25 Å². The van der Waals surface area contributed by atoms with Gasteiger partial charge in [0.1, 0.15) is 0 Å². The van der Waals surface area contributed by atoms with Gasteiger partial charge in [0.05, 0.1) is 14.2 Å². The van der Waals surface area contributed by atoms with Gasteiger partial charge in [-0.25, -0.2) is 0 Å². The molecule has 0 radical (unpaired) electrons. The van der Waals surface area contributed by atoms with Crippen LogP contribution in [0.2, 0.25) is 0 Å². The molecule has 0 aliphatic heterocycles. The van der Waals surface area contributed by atoms with Crippen LogP contribution < -0.4 is 0 Å². The highest BCUT2D eigenvalue weighted by Crippen LogP contribution is 2.41. The lowest BCUT2D eigenvalue weighted by molar-refractivity contribution is -0.162. The van der Waals surface area contributed by atoms with E-state index in [2.05, 4.69) is 0 Å². The molecule has 0 amide bonds. The summed E-state index contributed by atoms with van der Waals surface area (Å²) in [6.07, 6.45) is 1.96. The lowest BCUT2D eigenvalue weighted by atomic mass is 9.69. The van der Waals surface area contributed by atoms with Crippen LogP contribution in [0.25, 0.3) is 0 Å². The highest BCUT2D eigenvalue weighted by atomic mass is 32.2. The molecule has 0 saturated carbocycles. The summed E-state index contributed by atoms with van der Waals surface area (Å²) in [6.45, 7) is 3.90. The smallest absolute Gasteiger partial charge is 0.321 e. The summed E-state index contributed by atoms with van der Waals surface area (Å²) in [5, 5.41) is 0.0168. The van der Waals surface area contributed by atoms with Crippen molar-refractivity contribution in [3.8, 4) is 0 Å². The van der Waals surface area contributed by atoms with Crippen LogP contribution in [-0.4, -0.2) is 37.7 Å². The third-order valence-electron chi connectivity index (χ3n) is 4.07. The molecule has 1 aromatic carbocycles. The number of rotatable bonds is 6. The van der Waals surface area contributed by atoms with Crippen LogP contribution in [0.15, 0.2) is 30.3 Å². The fraction of sp³-hybridized carbons (Fsp3) is 0.500. The SMILES string of the molecule is COC(=O)C(C(=O)OC)[C@@](C)(c1ccccc1)[C@H](C)SC. The molecule has 116 valence electrons. The molecule has 5 heteroatoms. The van der Waals surface area contributed by atoms with Crippen LogP contribution in [0.3, 0.4) is 0 Å². The van der Waals surface area contributed by atoms with E-state index in [9.17, 15) is 9.59 Å². The van der Waals surface area contributed by atoms with E-state index in [1.807, 2.05) is 50.4 Å². The molecular weight excluding hydrogens is 288 g/mol. The van der Waals surface area contributed by atoms with Gasteiger partial charge in [-0.15, -0.1) is 0 Å². The van der Waals surface area contributed by atoms with E-state index in [4.69, 9.17) is 9.47 Å². The van der Waals surface area contributed by atoms with Crippen LogP contribution in [0.4, 0.5) is 0 Å². The molecule has 1 rings (SSSR count). The molecule has 0 unspecified atom stereocenters. The maximum Gasteiger partial charge on any atom is 0.321 e. The molecule has 0 aliphatic rings. The topological polar surface area (TPSA) is 52.6 Å². The maximum absolute atomic E-state index is 12.2. The minimum Gasteiger partial charge on any atom is -0.468 e. The number of thioether (sulfide) groups is 1. The second-order valence-electron chi connectivity index (χ2n) is 5.01. The Morgan fingerprint density at radius 3 is 1.95 bits per heavy atom. The van der Waals surface area contributed by atoms with Gasteiger partial charge < -0.3 is 9.47 Å². The van der Waals surface area contributed by atoms with Crippen molar-refractivity contribution in [2.75, 3.05) is 20.5 Å². The van der Waals surface area contributed by atoms with Crippen molar-refractivity contribution in [1.82, 2.24) is 0 Å². The van der Waals surface area contributed by atoms with Crippen LogP contribution in [0, 0.1) is 5.92 Å². The zero-order chi connectivity index (χ0) is 16.0. The van der Waals surface area contributed by atoms with Crippen molar-refractivity contribution < 1.29 is 19.1 Å². The first-order valence-electron chi connectivity index (χ1n) is 6.67. The fourth-order valence-corrected chi connectivity index (χ4v) is 3.26. The van der Waals surface area contributed by atoms with Gasteiger partial charge in [-0.3, -0.25) is 9.59 Å². The minimum atomic E-state index is -1.00. The van der Waals surface area contributed by atoms with Crippen molar-refractivity contribution in [3.05, 3.63) is 35.9 Å². The van der Waals surface area contributed by atoms with E-state index in [1.54, 1.807) is 11.8 Å². The number of hydrogen-bond donors (Lipinski definition) is 0. The number of carbonyl (C=O) groups excluding carboxylic acids is 2. The first kappa shape index (κ1) is 17.6. The highest BCUT2D eigenvalue weighted by molar-refractivity contribution is 7.99. The number of carbonyl (C=O) groups is 2. The first-order valence-corrected chi connectivity index (χ1v) is 7.96. The summed E-state index contributed by atoms with van der Waals surface area (Å²) in [6, 6.07) is 9.54. The molecule has 0 bridgehead atoms. The second-order valence-corrected chi connectivity index (χ2v) is 6.18. The molecule has 0 heterocycles. The van der Waals surface area contributed by atoms with Crippen LogP contribution >= 0.6 is 11.8 Å². The van der Waals surface area contributed by atoms with Crippen LogP contribution in [0.5, 0.6) is 0 Å². The first-order chi connectivity index (χ1) is 9.93. The van der Waals surface area contributed by atoms with Gasteiger partial charge in [-0.2, -0.15) is 11.8 Å². The van der Waals surface area contributed by atoms with Gasteiger partial charge >= 0.3 is 11.9 Å². The lowest BCUT2D eigenvalue weighted by Crippen LogP contribution is -2.49. The average Bonchev–Trinajstić information content (AvgIpc) is 2.54. The van der Waals surface area contributed by atoms with E-state index in [0.29, 0.717) is 0 Å². The van der Waals surface area contributed by atoms with Crippen molar-refractivity contribution in [2.24, 2.45) is 5.92 Å². The number of methoxy groups -OCH3 is 2. The normalized spacial score (nSPS) is 15.1. The largest absolute Gasteiger partial charge is 0.468 e. The summed E-state index contributed by atoms with van der Waals surface area (Å²) < 4.78 is 9.70. The van der Waals surface area contributed by atoms with Gasteiger partial charge in [0.2, 0.25) is 0 Å². The van der Waals surface area contributed by atoms with Gasteiger partial charge in [0.15, 0.2) is 5.92 Å². The minimum absolute atomic E-state index is 0.0168. The summed E-state index contributed by atoms with van der Waals surface area (Å²) in [4.78, 5) is 24.4. The molecule has 0 N–H and O–H groups in total. The molecule has 0 fully saturated rings. The Morgan fingerprint density at radius 1 is 1.10 bits per heavy atom. The number of ether oxygens (including phenoxy) is 2. The molecule has 1 aromatic rings. The highest BCUT2D eigenvalue weighted by Gasteiger charge is 2.50. The molecule has 2 atom stereocenters. The number of benzene rings is 1. The summed E-state index contributed by atoms with van der Waals surface area (Å²) in [5.41, 5.74) is 0.188. The van der Waals surface area contributed by atoms with Crippen molar-refractivity contribution >= 4 is 23.7 Å². The Bertz CT molecular complexity index is 472. The third-order valence-corrected chi connectivity index (χ3v) is 5.26. The number of esters is 2. The van der Waals surface area contributed by atoms with Crippen molar-refractivity contribution in [1.29, 1.82) is 0 Å².